The highest BCUT2D eigenvalue weighted by Crippen LogP contribution is 2.03. The lowest BCUT2D eigenvalue weighted by molar-refractivity contribution is -0.116. The van der Waals surface area contributed by atoms with Gasteiger partial charge in [-0.15, -0.1) is 0 Å². The molecule has 0 fully saturated rings. The molecule has 0 unspecified atom stereocenters. The van der Waals surface area contributed by atoms with Gasteiger partial charge in [0.15, 0.2) is 5.78 Å². The zero-order valence-electron chi connectivity index (χ0n) is 8.06. The molecule has 1 N–H and O–H groups in total. The Morgan fingerprint density at radius 2 is 1.87 bits per heavy atom. The zero-order valence-corrected chi connectivity index (χ0v) is 8.06. The molecule has 0 atom stereocenters. The van der Waals surface area contributed by atoms with Crippen LogP contribution in [0.25, 0.3) is 0 Å². The predicted octanol–water partition coefficient (Wildman–Crippen LogP) is 0.942. The number of carbonyl (C=O) groups excluding carboxylic acids is 2. The van der Waals surface area contributed by atoms with Gasteiger partial charge in [-0.05, 0) is 19.1 Å². The van der Waals surface area contributed by atoms with Crippen LogP contribution in [0.15, 0.2) is 18.2 Å². The Balaban J connectivity index is 2.95. The van der Waals surface area contributed by atoms with Crippen LogP contribution in [0.5, 0.6) is 0 Å². The van der Waals surface area contributed by atoms with Gasteiger partial charge in [-0.2, -0.15) is 0 Å². The monoisotopic (exact) mass is 207 g/mol. The van der Waals surface area contributed by atoms with Crippen molar-refractivity contribution < 1.29 is 19.5 Å². The summed E-state index contributed by atoms with van der Waals surface area (Å²) < 4.78 is 0. The van der Waals surface area contributed by atoms with E-state index in [1.165, 1.54) is 25.1 Å². The average Bonchev–Trinajstić information content (AvgIpc) is 2.17. The van der Waals surface area contributed by atoms with Gasteiger partial charge in [0.05, 0.1) is 6.42 Å². The molecule has 78 valence electrons. The molecule has 1 heterocycles. The van der Waals surface area contributed by atoms with Crippen molar-refractivity contribution in [1.29, 1.82) is 0 Å². The first-order valence-electron chi connectivity index (χ1n) is 4.23. The van der Waals surface area contributed by atoms with Gasteiger partial charge in [-0.3, -0.25) is 9.59 Å². The summed E-state index contributed by atoms with van der Waals surface area (Å²) in [6.45, 7) is 1.29. The van der Waals surface area contributed by atoms with Gasteiger partial charge in [-0.25, -0.2) is 9.78 Å². The number of carbonyl (C=O) groups is 3. The van der Waals surface area contributed by atoms with E-state index in [9.17, 15) is 14.4 Å². The van der Waals surface area contributed by atoms with E-state index in [4.69, 9.17) is 5.11 Å². The van der Waals surface area contributed by atoms with Crippen molar-refractivity contribution in [3.05, 3.63) is 29.6 Å². The number of pyridine rings is 1. The fourth-order valence-corrected chi connectivity index (χ4v) is 1.03. The summed E-state index contributed by atoms with van der Waals surface area (Å²) in [7, 11) is 0. The van der Waals surface area contributed by atoms with Gasteiger partial charge in [0.2, 0.25) is 0 Å². The summed E-state index contributed by atoms with van der Waals surface area (Å²) in [6, 6.07) is 4.09. The smallest absolute Gasteiger partial charge is 0.354 e. The summed E-state index contributed by atoms with van der Waals surface area (Å²) in [4.78, 5) is 36.2. The third-order valence-corrected chi connectivity index (χ3v) is 1.66. The molecule has 0 bridgehead atoms. The number of hydrogen-bond donors (Lipinski definition) is 1. The maximum atomic E-state index is 11.4. The number of Topliss-reactive ketones (excluding diaryl/α,β-unsaturated/α-hetero) is 2. The molecule has 0 aliphatic rings. The molecule has 0 aliphatic heterocycles. The number of carboxylic acids is 1. The van der Waals surface area contributed by atoms with Crippen LogP contribution in [0.3, 0.4) is 0 Å². The van der Waals surface area contributed by atoms with Gasteiger partial charge in [-0.1, -0.05) is 6.07 Å². The Kier molecular flexibility index (Phi) is 3.28. The summed E-state index contributed by atoms with van der Waals surface area (Å²) in [5, 5.41) is 8.63. The molecule has 15 heavy (non-hydrogen) atoms. The van der Waals surface area contributed by atoms with Gasteiger partial charge >= 0.3 is 5.97 Å². The van der Waals surface area contributed by atoms with Crippen molar-refractivity contribution in [3.63, 3.8) is 0 Å². The van der Waals surface area contributed by atoms with Crippen molar-refractivity contribution in [2.45, 2.75) is 13.3 Å². The SMILES string of the molecule is CC(=O)CC(=O)c1cccc(C(=O)O)n1. The highest BCUT2D eigenvalue weighted by atomic mass is 16.4. The Hall–Kier alpha value is -2.04. The van der Waals surface area contributed by atoms with Crippen LogP contribution < -0.4 is 0 Å². The molecule has 1 rings (SSSR count). The number of rotatable bonds is 4. The van der Waals surface area contributed by atoms with Gasteiger partial charge in [0.1, 0.15) is 17.2 Å². The predicted molar refractivity (Wildman–Crippen MR) is 50.8 cm³/mol. The van der Waals surface area contributed by atoms with Crippen molar-refractivity contribution >= 4 is 17.5 Å². The molecule has 0 saturated carbocycles. The minimum absolute atomic E-state index is 0.00472. The molecule has 0 amide bonds. The second-order valence-corrected chi connectivity index (χ2v) is 3.02. The fraction of sp³-hybridized carbons (Fsp3) is 0.200. The number of nitrogens with zero attached hydrogens (tertiary/aromatic N) is 1. The summed E-state index contributed by atoms with van der Waals surface area (Å²) in [6.07, 6.45) is -0.254. The van der Waals surface area contributed by atoms with Crippen LogP contribution in [0.2, 0.25) is 0 Å². The first kappa shape index (κ1) is 11.0. The normalized spacial score (nSPS) is 9.67. The molecule has 0 aliphatic carbocycles. The van der Waals surface area contributed by atoms with E-state index in [1.54, 1.807) is 0 Å². The number of hydrogen-bond acceptors (Lipinski definition) is 4. The van der Waals surface area contributed by atoms with E-state index in [2.05, 4.69) is 4.98 Å². The van der Waals surface area contributed by atoms with Crippen molar-refractivity contribution in [2.75, 3.05) is 0 Å². The van der Waals surface area contributed by atoms with Gasteiger partial charge in [0, 0.05) is 0 Å². The lowest BCUT2D eigenvalue weighted by Crippen LogP contribution is -2.10. The van der Waals surface area contributed by atoms with E-state index in [1.807, 2.05) is 0 Å². The number of aromatic nitrogens is 1. The van der Waals surface area contributed by atoms with E-state index >= 15 is 0 Å². The van der Waals surface area contributed by atoms with Gasteiger partial charge < -0.3 is 5.11 Å². The standard InChI is InChI=1S/C10H9NO4/c1-6(12)5-9(13)7-3-2-4-8(11-7)10(14)15/h2-4H,5H2,1H3,(H,14,15). The second kappa shape index (κ2) is 4.45. The summed E-state index contributed by atoms with van der Waals surface area (Å²) in [5.74, 6) is -1.94. The Morgan fingerprint density at radius 1 is 1.27 bits per heavy atom. The minimum Gasteiger partial charge on any atom is -0.477 e. The first-order valence-corrected chi connectivity index (χ1v) is 4.23. The average molecular weight is 207 g/mol. The Labute approximate surface area is 85.8 Å². The zero-order chi connectivity index (χ0) is 11.4. The lowest BCUT2D eigenvalue weighted by Gasteiger charge is -1.98. The quantitative estimate of drug-likeness (QED) is 0.586. The molecule has 0 aromatic carbocycles. The Bertz CT molecular complexity index is 425. The highest BCUT2D eigenvalue weighted by Gasteiger charge is 2.12. The number of ketones is 2. The molecule has 0 radical (unpaired) electrons. The van der Waals surface area contributed by atoms with Gasteiger partial charge in [0.25, 0.3) is 0 Å². The highest BCUT2D eigenvalue weighted by molar-refractivity contribution is 6.06. The van der Waals surface area contributed by atoms with E-state index in [0.29, 0.717) is 0 Å². The van der Waals surface area contributed by atoms with Crippen LogP contribution in [0, 0.1) is 0 Å². The fourth-order valence-electron chi connectivity index (χ4n) is 1.03. The maximum Gasteiger partial charge on any atom is 0.354 e. The molecular weight excluding hydrogens is 198 g/mol. The molecule has 5 nitrogen and oxygen atoms in total. The molecular formula is C10H9NO4. The van der Waals surface area contributed by atoms with E-state index < -0.39 is 11.8 Å². The van der Waals surface area contributed by atoms with Crippen LogP contribution in [-0.4, -0.2) is 27.6 Å². The summed E-state index contributed by atoms with van der Waals surface area (Å²) in [5.41, 5.74) is -0.200. The van der Waals surface area contributed by atoms with Crippen molar-refractivity contribution in [3.8, 4) is 0 Å². The van der Waals surface area contributed by atoms with Crippen molar-refractivity contribution in [2.24, 2.45) is 0 Å². The third kappa shape index (κ3) is 2.98. The molecule has 1 aromatic heterocycles. The topological polar surface area (TPSA) is 84.3 Å². The number of carboxylic acid groups (broad SMARTS) is 1. The third-order valence-electron chi connectivity index (χ3n) is 1.66. The van der Waals surface area contributed by atoms with E-state index in [-0.39, 0.29) is 23.6 Å². The van der Waals surface area contributed by atoms with Crippen molar-refractivity contribution in [1.82, 2.24) is 4.98 Å². The largest absolute Gasteiger partial charge is 0.477 e. The maximum absolute atomic E-state index is 11.4. The van der Waals surface area contributed by atoms with E-state index in [0.717, 1.165) is 0 Å². The van der Waals surface area contributed by atoms with Crippen LogP contribution in [0.4, 0.5) is 0 Å². The molecule has 0 saturated heterocycles. The summed E-state index contributed by atoms with van der Waals surface area (Å²) >= 11 is 0. The molecule has 5 heteroatoms. The lowest BCUT2D eigenvalue weighted by atomic mass is 10.1. The van der Waals surface area contributed by atoms with Crippen LogP contribution >= 0.6 is 0 Å². The Morgan fingerprint density at radius 3 is 2.40 bits per heavy atom. The molecule has 1 aromatic rings. The van der Waals surface area contributed by atoms with Crippen LogP contribution in [-0.2, 0) is 4.79 Å². The van der Waals surface area contributed by atoms with Crippen LogP contribution in [0.1, 0.15) is 34.3 Å². The minimum atomic E-state index is -1.20. The first-order chi connectivity index (χ1) is 7.00. The number of aromatic carboxylic acids is 1. The second-order valence-electron chi connectivity index (χ2n) is 3.02. The molecule has 0 spiro atoms.